The Morgan fingerprint density at radius 3 is 2.00 bits per heavy atom. The van der Waals surface area contributed by atoms with Gasteiger partial charge in [0.25, 0.3) is 0 Å². The van der Waals surface area contributed by atoms with Crippen LogP contribution in [0, 0.1) is 18.3 Å². The highest BCUT2D eigenvalue weighted by molar-refractivity contribution is 5.68. The van der Waals surface area contributed by atoms with Crippen LogP contribution in [0.3, 0.4) is 0 Å². The molecule has 0 heterocycles. The standard InChI is InChI=1S/C13H10/c1-2-11-7-9-12-5-3-4-6-13(12)10-8-11/h1,3-11H. The molecule has 13 heavy (non-hydrogen) atoms. The second kappa shape index (κ2) is 3.33. The molecule has 0 aliphatic heterocycles. The van der Waals surface area contributed by atoms with E-state index in [0.29, 0.717) is 0 Å². The zero-order valence-corrected chi connectivity index (χ0v) is 7.27. The molecule has 1 aliphatic rings. The Bertz CT molecular complexity index is 369. The van der Waals surface area contributed by atoms with Crippen molar-refractivity contribution in [2.24, 2.45) is 5.92 Å². The molecule has 0 N–H and O–H groups in total. The Morgan fingerprint density at radius 2 is 1.54 bits per heavy atom. The molecule has 0 saturated carbocycles. The quantitative estimate of drug-likeness (QED) is 0.520. The van der Waals surface area contributed by atoms with Gasteiger partial charge < -0.3 is 0 Å². The van der Waals surface area contributed by atoms with Gasteiger partial charge in [0.1, 0.15) is 0 Å². The first kappa shape index (κ1) is 7.89. The first-order chi connectivity index (χ1) is 6.40. The van der Waals surface area contributed by atoms with Crippen LogP contribution in [0.15, 0.2) is 36.4 Å². The summed E-state index contributed by atoms with van der Waals surface area (Å²) in [5.41, 5.74) is 2.47. The second-order valence-corrected chi connectivity index (χ2v) is 3.04. The fourth-order valence-electron chi connectivity index (χ4n) is 1.40. The van der Waals surface area contributed by atoms with Crippen molar-refractivity contribution in [2.75, 3.05) is 0 Å². The Balaban J connectivity index is 2.48. The Hall–Kier alpha value is -1.74. The Morgan fingerprint density at radius 1 is 1.00 bits per heavy atom. The summed E-state index contributed by atoms with van der Waals surface area (Å²) in [5.74, 6) is 2.84. The average molecular weight is 166 g/mol. The van der Waals surface area contributed by atoms with Crippen LogP contribution in [-0.2, 0) is 0 Å². The lowest BCUT2D eigenvalue weighted by Gasteiger charge is -1.96. The minimum atomic E-state index is 0.132. The SMILES string of the molecule is C#CC1C=Cc2ccccc2C=C1. The molecule has 0 spiro atoms. The second-order valence-electron chi connectivity index (χ2n) is 3.04. The maximum atomic E-state index is 5.36. The Labute approximate surface area is 78.6 Å². The highest BCUT2D eigenvalue weighted by Crippen LogP contribution is 2.18. The van der Waals surface area contributed by atoms with E-state index in [0.717, 1.165) is 0 Å². The van der Waals surface area contributed by atoms with Gasteiger partial charge in [-0.05, 0) is 11.1 Å². The van der Waals surface area contributed by atoms with E-state index in [9.17, 15) is 0 Å². The molecule has 1 aromatic carbocycles. The predicted molar refractivity (Wildman–Crippen MR) is 56.8 cm³/mol. The third-order valence-electron chi connectivity index (χ3n) is 2.15. The zero-order chi connectivity index (χ0) is 9.10. The number of fused-ring (bicyclic) bond motifs is 1. The number of hydrogen-bond acceptors (Lipinski definition) is 0. The summed E-state index contributed by atoms with van der Waals surface area (Å²) in [5, 5.41) is 0. The third kappa shape index (κ3) is 1.55. The van der Waals surface area contributed by atoms with E-state index >= 15 is 0 Å². The van der Waals surface area contributed by atoms with Crippen molar-refractivity contribution in [2.45, 2.75) is 0 Å². The predicted octanol–water partition coefficient (Wildman–Crippen LogP) is 2.98. The molecule has 0 nitrogen and oxygen atoms in total. The van der Waals surface area contributed by atoms with Crippen molar-refractivity contribution in [3.63, 3.8) is 0 Å². The lowest BCUT2D eigenvalue weighted by molar-refractivity contribution is 1.14. The monoisotopic (exact) mass is 166 g/mol. The van der Waals surface area contributed by atoms with Gasteiger partial charge in [-0.3, -0.25) is 0 Å². The minimum Gasteiger partial charge on any atom is -0.119 e. The molecule has 0 saturated heterocycles. The molecule has 0 heteroatoms. The fraction of sp³-hybridized carbons (Fsp3) is 0.0769. The lowest BCUT2D eigenvalue weighted by atomic mass is 10.1. The van der Waals surface area contributed by atoms with E-state index < -0.39 is 0 Å². The summed E-state index contributed by atoms with van der Waals surface area (Å²) >= 11 is 0. The van der Waals surface area contributed by atoms with Gasteiger partial charge in [-0.2, -0.15) is 0 Å². The summed E-state index contributed by atoms with van der Waals surface area (Å²) in [6.45, 7) is 0. The number of terminal acetylenes is 1. The van der Waals surface area contributed by atoms with Gasteiger partial charge in [0.2, 0.25) is 0 Å². The molecular formula is C13H10. The lowest BCUT2D eigenvalue weighted by Crippen LogP contribution is -1.81. The molecule has 0 amide bonds. The molecule has 0 bridgehead atoms. The highest BCUT2D eigenvalue weighted by atomic mass is 14.0. The number of hydrogen-bond donors (Lipinski definition) is 0. The molecule has 2 rings (SSSR count). The molecule has 0 atom stereocenters. The molecule has 0 aromatic heterocycles. The van der Waals surface area contributed by atoms with Gasteiger partial charge >= 0.3 is 0 Å². The van der Waals surface area contributed by atoms with Gasteiger partial charge in [-0.1, -0.05) is 54.5 Å². The van der Waals surface area contributed by atoms with Crippen LogP contribution >= 0.6 is 0 Å². The number of allylic oxidation sites excluding steroid dienone is 2. The van der Waals surface area contributed by atoms with Crippen LogP contribution in [0.5, 0.6) is 0 Å². The van der Waals surface area contributed by atoms with Crippen molar-refractivity contribution in [3.8, 4) is 12.3 Å². The summed E-state index contributed by atoms with van der Waals surface area (Å²) < 4.78 is 0. The maximum absolute atomic E-state index is 5.36. The van der Waals surface area contributed by atoms with E-state index in [1.807, 2.05) is 24.3 Å². The van der Waals surface area contributed by atoms with Gasteiger partial charge in [-0.15, -0.1) is 6.42 Å². The van der Waals surface area contributed by atoms with Crippen LogP contribution in [0.4, 0.5) is 0 Å². The molecular weight excluding hydrogens is 156 g/mol. The van der Waals surface area contributed by atoms with Crippen molar-refractivity contribution in [1.82, 2.24) is 0 Å². The zero-order valence-electron chi connectivity index (χ0n) is 7.27. The first-order valence-corrected chi connectivity index (χ1v) is 4.32. The van der Waals surface area contributed by atoms with Crippen LogP contribution < -0.4 is 0 Å². The number of benzene rings is 1. The van der Waals surface area contributed by atoms with Gasteiger partial charge in [0.15, 0.2) is 0 Å². The van der Waals surface area contributed by atoms with Gasteiger partial charge in [0, 0.05) is 0 Å². The van der Waals surface area contributed by atoms with Crippen LogP contribution in [0.25, 0.3) is 12.2 Å². The summed E-state index contributed by atoms with van der Waals surface area (Å²) in [6.07, 6.45) is 13.6. The van der Waals surface area contributed by atoms with Gasteiger partial charge in [0.05, 0.1) is 5.92 Å². The van der Waals surface area contributed by atoms with Crippen LogP contribution in [0.1, 0.15) is 11.1 Å². The van der Waals surface area contributed by atoms with E-state index in [1.165, 1.54) is 11.1 Å². The number of rotatable bonds is 0. The molecule has 0 unspecified atom stereocenters. The van der Waals surface area contributed by atoms with Gasteiger partial charge in [-0.25, -0.2) is 0 Å². The summed E-state index contributed by atoms with van der Waals surface area (Å²) in [6, 6.07) is 8.25. The van der Waals surface area contributed by atoms with Crippen molar-refractivity contribution in [3.05, 3.63) is 47.5 Å². The topological polar surface area (TPSA) is 0 Å². The highest BCUT2D eigenvalue weighted by Gasteiger charge is 2.01. The van der Waals surface area contributed by atoms with E-state index in [1.54, 1.807) is 0 Å². The molecule has 62 valence electrons. The molecule has 0 fully saturated rings. The van der Waals surface area contributed by atoms with E-state index in [-0.39, 0.29) is 5.92 Å². The molecule has 1 aliphatic carbocycles. The van der Waals surface area contributed by atoms with E-state index in [4.69, 9.17) is 6.42 Å². The maximum Gasteiger partial charge on any atom is 0.0567 e. The van der Waals surface area contributed by atoms with Crippen molar-refractivity contribution in [1.29, 1.82) is 0 Å². The van der Waals surface area contributed by atoms with Crippen LogP contribution in [0.2, 0.25) is 0 Å². The summed E-state index contributed by atoms with van der Waals surface area (Å²) in [7, 11) is 0. The fourth-order valence-corrected chi connectivity index (χ4v) is 1.40. The Kier molecular flexibility index (Phi) is 2.02. The minimum absolute atomic E-state index is 0.132. The average Bonchev–Trinajstić information content (AvgIpc) is 2.39. The first-order valence-electron chi connectivity index (χ1n) is 4.32. The van der Waals surface area contributed by atoms with Crippen molar-refractivity contribution < 1.29 is 0 Å². The largest absolute Gasteiger partial charge is 0.119 e. The van der Waals surface area contributed by atoms with Crippen molar-refractivity contribution >= 4 is 12.2 Å². The smallest absolute Gasteiger partial charge is 0.0567 e. The van der Waals surface area contributed by atoms with Crippen LogP contribution in [-0.4, -0.2) is 0 Å². The molecule has 1 aromatic rings. The third-order valence-corrected chi connectivity index (χ3v) is 2.15. The summed E-state index contributed by atoms with van der Waals surface area (Å²) in [4.78, 5) is 0. The molecule has 0 radical (unpaired) electrons. The van der Waals surface area contributed by atoms with E-state index in [2.05, 4.69) is 30.2 Å². The normalized spacial score (nSPS) is 14.7.